The molecule has 3 N–H and O–H groups in total. The number of amides is 2. The second kappa shape index (κ2) is 11.8. The first-order valence-electron chi connectivity index (χ1n) is 12.5. The number of alkyl halides is 3. The molecule has 2 atom stereocenters. The number of hydrogen-bond donors (Lipinski definition) is 3. The van der Waals surface area contributed by atoms with Gasteiger partial charge >= 0.3 is 11.5 Å². The number of carbonyl (C=O) groups excluding carboxylic acids is 2. The fourth-order valence-corrected chi connectivity index (χ4v) is 5.54. The number of aromatic carboxylic acids is 1. The Hall–Kier alpha value is -4.46. The molecule has 1 saturated carbocycles. The molecule has 1 aliphatic carbocycles. The maximum atomic E-state index is 14.9. The van der Waals surface area contributed by atoms with E-state index in [1.54, 1.807) is 12.1 Å². The largest absolute Gasteiger partial charge is 0.501 e. The lowest BCUT2D eigenvalue weighted by atomic mass is 9.96. The van der Waals surface area contributed by atoms with Crippen molar-refractivity contribution in [3.63, 3.8) is 0 Å². The summed E-state index contributed by atoms with van der Waals surface area (Å²) < 4.78 is 82.3. The van der Waals surface area contributed by atoms with Gasteiger partial charge in [-0.05, 0) is 60.9 Å². The van der Waals surface area contributed by atoms with Gasteiger partial charge in [-0.25, -0.2) is 17.6 Å². The smallest absolute Gasteiger partial charge is 0.497 e. The Morgan fingerprint density at radius 1 is 0.976 bits per heavy atom. The molecule has 3 aromatic carbocycles. The Labute approximate surface area is 237 Å². The number of hydrogen-bond acceptors (Lipinski definition) is 6. The summed E-state index contributed by atoms with van der Waals surface area (Å²) in [6.45, 7) is 0. The summed E-state index contributed by atoms with van der Waals surface area (Å²) in [5, 5.41) is 14.6. The van der Waals surface area contributed by atoms with Crippen LogP contribution in [0.3, 0.4) is 0 Å². The average Bonchev–Trinajstić information content (AvgIpc) is 3.40. The van der Waals surface area contributed by atoms with Crippen molar-refractivity contribution in [1.29, 1.82) is 0 Å². The number of benzene rings is 3. The van der Waals surface area contributed by atoms with Crippen LogP contribution in [-0.2, 0) is 14.6 Å². The van der Waals surface area contributed by atoms with Crippen LogP contribution >= 0.6 is 0 Å². The number of rotatable bonds is 8. The molecule has 0 heterocycles. The summed E-state index contributed by atoms with van der Waals surface area (Å²) in [7, 11) is -4.19. The summed E-state index contributed by atoms with van der Waals surface area (Å²) in [5.74, 6) is -4.34. The molecule has 4 rings (SSSR count). The Morgan fingerprint density at radius 2 is 1.67 bits per heavy atom. The van der Waals surface area contributed by atoms with Gasteiger partial charge in [0.15, 0.2) is 0 Å². The first kappa shape index (κ1) is 30.5. The van der Waals surface area contributed by atoms with E-state index in [1.807, 2.05) is 0 Å². The number of carbonyl (C=O) groups is 3. The highest BCUT2D eigenvalue weighted by Gasteiger charge is 2.47. The molecule has 9 nitrogen and oxygen atoms in total. The lowest BCUT2D eigenvalue weighted by molar-refractivity contribution is -0.120. The summed E-state index contributed by atoms with van der Waals surface area (Å²) >= 11 is 0. The lowest BCUT2D eigenvalue weighted by Crippen LogP contribution is -2.42. The first-order valence-corrected chi connectivity index (χ1v) is 14.0. The zero-order valence-corrected chi connectivity index (χ0v) is 22.7. The first-order chi connectivity index (χ1) is 19.7. The van der Waals surface area contributed by atoms with Crippen molar-refractivity contribution in [1.82, 2.24) is 5.32 Å². The van der Waals surface area contributed by atoms with Gasteiger partial charge in [-0.15, -0.1) is 0 Å². The molecule has 3 aromatic rings. The van der Waals surface area contributed by atoms with Crippen LogP contribution in [0.25, 0.3) is 11.1 Å². The van der Waals surface area contributed by atoms with Crippen LogP contribution in [0.1, 0.15) is 40.0 Å². The maximum Gasteiger partial charge on any atom is 0.501 e. The van der Waals surface area contributed by atoms with Crippen LogP contribution in [0.15, 0.2) is 65.6 Å². The summed E-state index contributed by atoms with van der Waals surface area (Å²) in [6, 6.07) is 10.9. The van der Waals surface area contributed by atoms with E-state index in [-0.39, 0.29) is 23.2 Å². The number of nitrogens with one attached hydrogen (secondary N) is 2. The third-order valence-electron chi connectivity index (χ3n) is 6.87. The topological polar surface area (TPSA) is 139 Å². The highest BCUT2D eigenvalue weighted by Crippen LogP contribution is 2.33. The van der Waals surface area contributed by atoms with Gasteiger partial charge in [0, 0.05) is 17.3 Å². The minimum absolute atomic E-state index is 0.0396. The zero-order chi connectivity index (χ0) is 30.8. The van der Waals surface area contributed by atoms with Gasteiger partial charge in [-0.1, -0.05) is 24.6 Å². The predicted octanol–water partition coefficient (Wildman–Crippen LogP) is 5.03. The molecular formula is C28H24F4N2O7S. The normalized spacial score (nSPS) is 17.0. The van der Waals surface area contributed by atoms with Crippen molar-refractivity contribution >= 4 is 33.3 Å². The van der Waals surface area contributed by atoms with E-state index in [4.69, 9.17) is 4.74 Å². The standard InChI is InChI=1S/C28H24F4N2O7S/c1-41-17-10-8-15(9-11-17)20-13-21(22(27(37)38)14-23(20)29)26(36)34-24-7-3-6-19(24)25(35)33-16-4-2-5-18(12-16)42(39,40)28(30,31)32/h2,4-5,8-14,19,24H,3,6-7H2,1H3,(H,33,35)(H,34,36)(H,37,38). The highest BCUT2D eigenvalue weighted by atomic mass is 32.2. The summed E-state index contributed by atoms with van der Waals surface area (Å²) in [4.78, 5) is 37.1. The molecule has 2 amide bonds. The molecular weight excluding hydrogens is 584 g/mol. The number of carboxylic acid groups (broad SMARTS) is 1. The number of sulfone groups is 1. The van der Waals surface area contributed by atoms with Crippen LogP contribution in [0.2, 0.25) is 0 Å². The van der Waals surface area contributed by atoms with Crippen molar-refractivity contribution in [3.8, 4) is 16.9 Å². The third-order valence-corrected chi connectivity index (χ3v) is 8.35. The van der Waals surface area contributed by atoms with Crippen molar-refractivity contribution in [2.75, 3.05) is 12.4 Å². The van der Waals surface area contributed by atoms with Crippen molar-refractivity contribution in [3.05, 3.63) is 77.6 Å². The van der Waals surface area contributed by atoms with Gasteiger partial charge in [-0.2, -0.15) is 13.2 Å². The second-order valence-electron chi connectivity index (χ2n) is 9.49. The number of carboxylic acids is 1. The van der Waals surface area contributed by atoms with Gasteiger partial charge in [0.2, 0.25) is 5.91 Å². The molecule has 222 valence electrons. The van der Waals surface area contributed by atoms with E-state index in [9.17, 15) is 45.5 Å². The van der Waals surface area contributed by atoms with E-state index in [0.717, 1.165) is 24.3 Å². The van der Waals surface area contributed by atoms with Gasteiger partial charge in [0.25, 0.3) is 15.7 Å². The minimum Gasteiger partial charge on any atom is -0.497 e. The molecule has 14 heteroatoms. The van der Waals surface area contributed by atoms with Gasteiger partial charge in [0.1, 0.15) is 11.6 Å². The fraction of sp³-hybridized carbons (Fsp3) is 0.250. The molecule has 0 bridgehead atoms. The molecule has 1 aliphatic rings. The minimum atomic E-state index is -5.64. The molecule has 1 fully saturated rings. The third kappa shape index (κ3) is 6.22. The van der Waals surface area contributed by atoms with E-state index < -0.39 is 61.4 Å². The fourth-order valence-electron chi connectivity index (χ4n) is 4.73. The zero-order valence-electron chi connectivity index (χ0n) is 21.9. The summed E-state index contributed by atoms with van der Waals surface area (Å²) in [6.07, 6.45) is 1.09. The molecule has 2 unspecified atom stereocenters. The van der Waals surface area contributed by atoms with Crippen molar-refractivity contribution in [2.24, 2.45) is 5.92 Å². The van der Waals surface area contributed by atoms with Crippen LogP contribution in [-0.4, -0.2) is 50.0 Å². The summed E-state index contributed by atoms with van der Waals surface area (Å²) in [5.41, 5.74) is -6.35. The van der Waals surface area contributed by atoms with E-state index in [1.165, 1.54) is 25.3 Å². The van der Waals surface area contributed by atoms with E-state index >= 15 is 0 Å². The Balaban J connectivity index is 1.56. The van der Waals surface area contributed by atoms with Gasteiger partial charge < -0.3 is 20.5 Å². The van der Waals surface area contributed by atoms with E-state index in [0.29, 0.717) is 30.2 Å². The van der Waals surface area contributed by atoms with Crippen LogP contribution in [0.5, 0.6) is 5.75 Å². The Bertz CT molecular complexity index is 1640. The molecule has 0 saturated heterocycles. The lowest BCUT2D eigenvalue weighted by Gasteiger charge is -2.21. The molecule has 0 radical (unpaired) electrons. The Morgan fingerprint density at radius 3 is 2.29 bits per heavy atom. The van der Waals surface area contributed by atoms with Gasteiger partial charge in [-0.3, -0.25) is 9.59 Å². The highest BCUT2D eigenvalue weighted by molar-refractivity contribution is 7.92. The molecule has 42 heavy (non-hydrogen) atoms. The predicted molar refractivity (Wildman–Crippen MR) is 142 cm³/mol. The molecule has 0 spiro atoms. The maximum absolute atomic E-state index is 14.9. The molecule has 0 aliphatic heterocycles. The quantitative estimate of drug-likeness (QED) is 0.305. The number of anilines is 1. The van der Waals surface area contributed by atoms with Crippen molar-refractivity contribution in [2.45, 2.75) is 35.7 Å². The Kier molecular flexibility index (Phi) is 8.57. The van der Waals surface area contributed by atoms with Crippen molar-refractivity contribution < 1.29 is 50.2 Å². The SMILES string of the molecule is COc1ccc(-c2cc(C(=O)NC3CCCC3C(=O)Nc3cccc(S(=O)(=O)C(F)(F)F)c3)c(C(=O)O)cc2F)cc1. The van der Waals surface area contributed by atoms with Gasteiger partial charge in [0.05, 0.1) is 29.1 Å². The monoisotopic (exact) mass is 608 g/mol. The van der Waals surface area contributed by atoms with E-state index in [2.05, 4.69) is 10.6 Å². The van der Waals surface area contributed by atoms with Crippen LogP contribution < -0.4 is 15.4 Å². The molecule has 0 aromatic heterocycles. The number of ether oxygens (including phenoxy) is 1. The average molecular weight is 609 g/mol. The van der Waals surface area contributed by atoms with Crippen LogP contribution in [0.4, 0.5) is 23.2 Å². The second-order valence-corrected chi connectivity index (χ2v) is 11.4. The number of halogens is 4. The van der Waals surface area contributed by atoms with Crippen LogP contribution in [0, 0.1) is 11.7 Å². The number of methoxy groups -OCH3 is 1.